The highest BCUT2D eigenvalue weighted by molar-refractivity contribution is 8.00. The minimum absolute atomic E-state index is 0.0589. The Morgan fingerprint density at radius 1 is 1.40 bits per heavy atom. The van der Waals surface area contributed by atoms with Gasteiger partial charge in [-0.2, -0.15) is 11.8 Å². The van der Waals surface area contributed by atoms with E-state index < -0.39 is 0 Å². The molecule has 0 aliphatic carbocycles. The van der Waals surface area contributed by atoms with Gasteiger partial charge in [-0.3, -0.25) is 9.59 Å². The van der Waals surface area contributed by atoms with Crippen molar-refractivity contribution in [2.24, 2.45) is 11.7 Å². The van der Waals surface area contributed by atoms with E-state index >= 15 is 0 Å². The van der Waals surface area contributed by atoms with E-state index in [0.717, 1.165) is 0 Å². The summed E-state index contributed by atoms with van der Waals surface area (Å²) in [5.41, 5.74) is 5.20. The summed E-state index contributed by atoms with van der Waals surface area (Å²) < 4.78 is 0. The van der Waals surface area contributed by atoms with Gasteiger partial charge in [0.2, 0.25) is 5.91 Å². The molecule has 1 amide bonds. The summed E-state index contributed by atoms with van der Waals surface area (Å²) in [6.07, 6.45) is 0. The number of primary amides is 1. The molecule has 0 fully saturated rings. The molecule has 0 aromatic heterocycles. The Labute approximate surface area is 95.4 Å². The number of rotatable bonds is 8. The van der Waals surface area contributed by atoms with E-state index in [1.54, 1.807) is 0 Å². The predicted octanol–water partition coefficient (Wildman–Crippen LogP) is 0.408. The van der Waals surface area contributed by atoms with Gasteiger partial charge in [0.1, 0.15) is 5.78 Å². The van der Waals surface area contributed by atoms with E-state index in [1.807, 2.05) is 20.8 Å². The normalized spacial score (nSPS) is 12.8. The van der Waals surface area contributed by atoms with Gasteiger partial charge < -0.3 is 11.1 Å². The van der Waals surface area contributed by atoms with Crippen LogP contribution in [0, 0.1) is 5.92 Å². The van der Waals surface area contributed by atoms with Crippen LogP contribution in [-0.2, 0) is 9.59 Å². The first-order valence-electron chi connectivity index (χ1n) is 5.12. The number of carbonyl (C=O) groups is 2. The molecule has 0 aromatic rings. The molecular formula is C10H20N2O2S. The van der Waals surface area contributed by atoms with Crippen LogP contribution in [0.25, 0.3) is 0 Å². The zero-order valence-electron chi connectivity index (χ0n) is 9.58. The van der Waals surface area contributed by atoms with Gasteiger partial charge in [0, 0.05) is 11.7 Å². The molecule has 88 valence electrons. The van der Waals surface area contributed by atoms with Crippen molar-refractivity contribution >= 4 is 23.5 Å². The lowest BCUT2D eigenvalue weighted by Gasteiger charge is -2.13. The molecule has 0 radical (unpaired) electrons. The number of likely N-dealkylation sites (N-methyl/N-ethyl adjacent to an activating group) is 1. The van der Waals surface area contributed by atoms with Gasteiger partial charge in [-0.25, -0.2) is 0 Å². The standard InChI is InChI=1S/C10H20N2O2S/c1-4-12-8(10(11)14)5-15-6-9(13)7(2)3/h7-8,12H,4-6H2,1-3H3,(H2,11,14). The molecule has 0 spiro atoms. The number of nitrogens with two attached hydrogens (primary N) is 1. The van der Waals surface area contributed by atoms with Crippen molar-refractivity contribution in [3.63, 3.8) is 0 Å². The van der Waals surface area contributed by atoms with Crippen LogP contribution >= 0.6 is 11.8 Å². The van der Waals surface area contributed by atoms with Crippen molar-refractivity contribution in [1.29, 1.82) is 0 Å². The maximum Gasteiger partial charge on any atom is 0.235 e. The number of ketones is 1. The summed E-state index contributed by atoms with van der Waals surface area (Å²) >= 11 is 1.45. The Morgan fingerprint density at radius 2 is 2.00 bits per heavy atom. The summed E-state index contributed by atoms with van der Waals surface area (Å²) in [6.45, 7) is 6.36. The average Bonchev–Trinajstić information content (AvgIpc) is 2.15. The van der Waals surface area contributed by atoms with E-state index in [2.05, 4.69) is 5.32 Å². The summed E-state index contributed by atoms with van der Waals surface area (Å²) in [4.78, 5) is 22.3. The minimum Gasteiger partial charge on any atom is -0.368 e. The maximum absolute atomic E-state index is 11.3. The van der Waals surface area contributed by atoms with Crippen molar-refractivity contribution in [1.82, 2.24) is 5.32 Å². The van der Waals surface area contributed by atoms with Crippen LogP contribution in [0.3, 0.4) is 0 Å². The molecule has 1 atom stereocenters. The topological polar surface area (TPSA) is 72.2 Å². The molecule has 15 heavy (non-hydrogen) atoms. The first-order valence-corrected chi connectivity index (χ1v) is 6.27. The van der Waals surface area contributed by atoms with E-state index in [1.165, 1.54) is 11.8 Å². The Bertz CT molecular complexity index is 219. The smallest absolute Gasteiger partial charge is 0.235 e. The number of thioether (sulfide) groups is 1. The summed E-state index contributed by atoms with van der Waals surface area (Å²) in [5, 5.41) is 2.98. The highest BCUT2D eigenvalue weighted by atomic mass is 32.2. The fraction of sp³-hybridized carbons (Fsp3) is 0.800. The number of hydrogen-bond acceptors (Lipinski definition) is 4. The van der Waals surface area contributed by atoms with Crippen LogP contribution in [0.15, 0.2) is 0 Å². The fourth-order valence-electron chi connectivity index (χ4n) is 0.932. The second-order valence-electron chi connectivity index (χ2n) is 3.65. The van der Waals surface area contributed by atoms with E-state index in [0.29, 0.717) is 18.1 Å². The van der Waals surface area contributed by atoms with Crippen LogP contribution < -0.4 is 11.1 Å². The Morgan fingerprint density at radius 3 is 2.40 bits per heavy atom. The quantitative estimate of drug-likeness (QED) is 0.636. The van der Waals surface area contributed by atoms with Crippen LogP contribution in [0.5, 0.6) is 0 Å². The van der Waals surface area contributed by atoms with Gasteiger partial charge >= 0.3 is 0 Å². The summed E-state index contributed by atoms with van der Waals surface area (Å²) in [6, 6.07) is -0.333. The van der Waals surface area contributed by atoms with Crippen molar-refractivity contribution in [2.75, 3.05) is 18.1 Å². The molecule has 0 saturated heterocycles. The number of amides is 1. The molecule has 0 aliphatic rings. The lowest BCUT2D eigenvalue weighted by Crippen LogP contribution is -2.43. The SMILES string of the molecule is CCNC(CSCC(=O)C(C)C)C(N)=O. The first kappa shape index (κ1) is 14.5. The summed E-state index contributed by atoms with van der Waals surface area (Å²) in [7, 11) is 0. The van der Waals surface area contributed by atoms with Crippen LogP contribution in [0.2, 0.25) is 0 Å². The minimum atomic E-state index is -0.360. The molecule has 5 heteroatoms. The number of carbonyl (C=O) groups excluding carboxylic acids is 2. The zero-order valence-corrected chi connectivity index (χ0v) is 10.4. The largest absolute Gasteiger partial charge is 0.368 e. The van der Waals surface area contributed by atoms with E-state index in [-0.39, 0.29) is 23.7 Å². The van der Waals surface area contributed by atoms with E-state index in [4.69, 9.17) is 5.73 Å². The van der Waals surface area contributed by atoms with Crippen molar-refractivity contribution < 1.29 is 9.59 Å². The molecular weight excluding hydrogens is 212 g/mol. The monoisotopic (exact) mass is 232 g/mol. The number of Topliss-reactive ketones (excluding diaryl/α,β-unsaturated/α-hetero) is 1. The Kier molecular flexibility index (Phi) is 7.42. The molecule has 1 unspecified atom stereocenters. The van der Waals surface area contributed by atoms with Gasteiger partial charge in [0.05, 0.1) is 11.8 Å². The van der Waals surface area contributed by atoms with Crippen molar-refractivity contribution in [2.45, 2.75) is 26.8 Å². The number of hydrogen-bond donors (Lipinski definition) is 2. The Hall–Kier alpha value is -0.550. The Balaban J connectivity index is 3.81. The van der Waals surface area contributed by atoms with Crippen LogP contribution in [-0.4, -0.2) is 35.8 Å². The second-order valence-corrected chi connectivity index (χ2v) is 4.68. The van der Waals surface area contributed by atoms with Gasteiger partial charge in [-0.15, -0.1) is 0 Å². The highest BCUT2D eigenvalue weighted by Crippen LogP contribution is 2.07. The van der Waals surface area contributed by atoms with Gasteiger partial charge in [-0.1, -0.05) is 20.8 Å². The molecule has 0 bridgehead atoms. The number of nitrogens with one attached hydrogen (secondary N) is 1. The average molecular weight is 232 g/mol. The highest BCUT2D eigenvalue weighted by Gasteiger charge is 2.15. The maximum atomic E-state index is 11.3. The first-order chi connectivity index (χ1) is 6.99. The van der Waals surface area contributed by atoms with Crippen molar-refractivity contribution in [3.8, 4) is 0 Å². The predicted molar refractivity (Wildman–Crippen MR) is 63.8 cm³/mol. The fourth-order valence-corrected chi connectivity index (χ4v) is 2.10. The lowest BCUT2D eigenvalue weighted by molar-refractivity contribution is -0.120. The summed E-state index contributed by atoms with van der Waals surface area (Å²) in [5.74, 6) is 0.916. The molecule has 3 N–H and O–H groups in total. The van der Waals surface area contributed by atoms with Gasteiger partial charge in [-0.05, 0) is 6.54 Å². The third-order valence-corrected chi connectivity index (χ3v) is 3.02. The molecule has 0 aromatic carbocycles. The third kappa shape index (κ3) is 6.52. The van der Waals surface area contributed by atoms with Crippen LogP contribution in [0.1, 0.15) is 20.8 Å². The molecule has 4 nitrogen and oxygen atoms in total. The van der Waals surface area contributed by atoms with Crippen LogP contribution in [0.4, 0.5) is 0 Å². The molecule has 0 rings (SSSR count). The third-order valence-electron chi connectivity index (χ3n) is 1.97. The molecule has 0 saturated carbocycles. The lowest BCUT2D eigenvalue weighted by atomic mass is 10.1. The van der Waals surface area contributed by atoms with Crippen molar-refractivity contribution in [3.05, 3.63) is 0 Å². The second kappa shape index (κ2) is 7.70. The zero-order chi connectivity index (χ0) is 11.8. The van der Waals surface area contributed by atoms with E-state index in [9.17, 15) is 9.59 Å². The molecule has 0 heterocycles. The van der Waals surface area contributed by atoms with Gasteiger partial charge in [0.25, 0.3) is 0 Å². The van der Waals surface area contributed by atoms with Gasteiger partial charge in [0.15, 0.2) is 0 Å². The molecule has 0 aliphatic heterocycles.